The summed E-state index contributed by atoms with van der Waals surface area (Å²) in [7, 11) is 0. The normalized spacial score (nSPS) is 26.4. The number of rotatable bonds is 4. The second kappa shape index (κ2) is 6.70. The van der Waals surface area contributed by atoms with Crippen molar-refractivity contribution in [2.45, 2.75) is 59.0 Å². The van der Waals surface area contributed by atoms with E-state index in [9.17, 15) is 0 Å². The highest BCUT2D eigenvalue weighted by Crippen LogP contribution is 2.32. The molecule has 0 spiro atoms. The molecule has 1 aliphatic rings. The van der Waals surface area contributed by atoms with E-state index in [1.54, 1.807) is 0 Å². The molecule has 1 N–H and O–H groups in total. The van der Waals surface area contributed by atoms with Gasteiger partial charge in [-0.3, -0.25) is 0 Å². The van der Waals surface area contributed by atoms with Crippen molar-refractivity contribution in [1.82, 2.24) is 5.32 Å². The van der Waals surface area contributed by atoms with Crippen LogP contribution in [0.5, 0.6) is 0 Å². The minimum Gasteiger partial charge on any atom is -0.365 e. The van der Waals surface area contributed by atoms with Crippen LogP contribution >= 0.6 is 15.9 Å². The molecule has 0 aromatic heterocycles. The van der Waals surface area contributed by atoms with E-state index in [4.69, 9.17) is 0 Å². The summed E-state index contributed by atoms with van der Waals surface area (Å²) in [6.45, 7) is 13.7. The quantitative estimate of drug-likeness (QED) is 0.850. The first-order valence-corrected chi connectivity index (χ1v) is 8.99. The highest BCUT2D eigenvalue weighted by atomic mass is 79.9. The summed E-state index contributed by atoms with van der Waals surface area (Å²) in [5.41, 5.74) is 3.07. The number of nitrogens with zero attached hydrogens (tertiary/aromatic N) is 1. The lowest BCUT2D eigenvalue weighted by molar-refractivity contribution is 0.252. The predicted octanol–water partition coefficient (Wildman–Crippen LogP) is 4.61. The number of aryl methyl sites for hydroxylation is 1. The van der Waals surface area contributed by atoms with Crippen molar-refractivity contribution in [2.75, 3.05) is 18.0 Å². The van der Waals surface area contributed by atoms with Crippen LogP contribution in [-0.4, -0.2) is 24.7 Å². The maximum atomic E-state index is 3.77. The Hall–Kier alpha value is -0.540. The molecule has 0 radical (unpaired) electrons. The molecule has 1 aliphatic heterocycles. The van der Waals surface area contributed by atoms with Crippen LogP contribution in [0, 0.1) is 5.92 Å². The van der Waals surface area contributed by atoms with E-state index in [0.29, 0.717) is 12.0 Å². The van der Waals surface area contributed by atoms with Gasteiger partial charge in [0.2, 0.25) is 0 Å². The summed E-state index contributed by atoms with van der Waals surface area (Å²) in [6.07, 6.45) is 2.23. The average molecular weight is 353 g/mol. The summed E-state index contributed by atoms with van der Waals surface area (Å²) >= 11 is 3.61. The first kappa shape index (κ1) is 16.8. The fourth-order valence-corrected chi connectivity index (χ4v) is 3.63. The third kappa shape index (κ3) is 3.62. The summed E-state index contributed by atoms with van der Waals surface area (Å²) in [6, 6.07) is 7.31. The minimum atomic E-state index is 0.212. The zero-order valence-corrected chi connectivity index (χ0v) is 15.6. The van der Waals surface area contributed by atoms with Crippen LogP contribution in [0.2, 0.25) is 0 Å². The Morgan fingerprint density at radius 3 is 2.67 bits per heavy atom. The van der Waals surface area contributed by atoms with E-state index in [1.165, 1.54) is 15.7 Å². The Labute approximate surface area is 138 Å². The number of anilines is 1. The lowest BCUT2D eigenvalue weighted by Gasteiger charge is -2.49. The van der Waals surface area contributed by atoms with Crippen molar-refractivity contribution < 1.29 is 0 Å². The van der Waals surface area contributed by atoms with Crippen molar-refractivity contribution in [3.8, 4) is 0 Å². The molecule has 2 nitrogen and oxygen atoms in total. The lowest BCUT2D eigenvalue weighted by Crippen LogP contribution is -2.64. The SMILES string of the molecule is CCc1cc(Br)ccc1N1CC(C)(CC)NCC1C(C)C. The summed E-state index contributed by atoms with van der Waals surface area (Å²) in [5.74, 6) is 0.646. The number of hydrogen-bond donors (Lipinski definition) is 1. The van der Waals surface area contributed by atoms with Crippen LogP contribution in [0.3, 0.4) is 0 Å². The molecular weight excluding hydrogens is 324 g/mol. The number of piperazine rings is 1. The Kier molecular flexibility index (Phi) is 5.37. The van der Waals surface area contributed by atoms with Gasteiger partial charge in [0.05, 0.1) is 0 Å². The standard InChI is InChI=1S/C18H29BrN2/c1-6-14-10-15(19)8-9-16(14)21-12-18(5,7-2)20-11-17(21)13(3)4/h8-10,13,17,20H,6-7,11-12H2,1-5H3. The van der Waals surface area contributed by atoms with Gasteiger partial charge in [-0.2, -0.15) is 0 Å². The number of hydrogen-bond acceptors (Lipinski definition) is 2. The van der Waals surface area contributed by atoms with Gasteiger partial charge in [0, 0.05) is 34.8 Å². The van der Waals surface area contributed by atoms with E-state index in [0.717, 1.165) is 25.9 Å². The molecule has 1 fully saturated rings. The molecule has 0 aliphatic carbocycles. The van der Waals surface area contributed by atoms with Crippen molar-refractivity contribution in [1.29, 1.82) is 0 Å². The van der Waals surface area contributed by atoms with Crippen molar-refractivity contribution in [3.05, 3.63) is 28.2 Å². The fraction of sp³-hybridized carbons (Fsp3) is 0.667. The van der Waals surface area contributed by atoms with E-state index < -0.39 is 0 Å². The van der Waals surface area contributed by atoms with E-state index >= 15 is 0 Å². The van der Waals surface area contributed by atoms with Gasteiger partial charge in [0.15, 0.2) is 0 Å². The van der Waals surface area contributed by atoms with Crippen molar-refractivity contribution >= 4 is 21.6 Å². The maximum absolute atomic E-state index is 3.77. The largest absolute Gasteiger partial charge is 0.365 e. The van der Waals surface area contributed by atoms with E-state index in [1.807, 2.05) is 0 Å². The molecule has 0 bridgehead atoms. The molecule has 0 amide bonds. The zero-order valence-electron chi connectivity index (χ0n) is 14.0. The predicted molar refractivity (Wildman–Crippen MR) is 96.2 cm³/mol. The highest BCUT2D eigenvalue weighted by Gasteiger charge is 2.36. The van der Waals surface area contributed by atoms with Gasteiger partial charge in [-0.25, -0.2) is 0 Å². The Morgan fingerprint density at radius 1 is 1.38 bits per heavy atom. The molecule has 1 saturated heterocycles. The Morgan fingerprint density at radius 2 is 2.10 bits per heavy atom. The van der Waals surface area contributed by atoms with Gasteiger partial charge in [-0.05, 0) is 49.4 Å². The fourth-order valence-electron chi connectivity index (χ4n) is 3.22. The smallest absolute Gasteiger partial charge is 0.0438 e. The Bertz CT molecular complexity index is 486. The van der Waals surface area contributed by atoms with Crippen LogP contribution in [-0.2, 0) is 6.42 Å². The van der Waals surface area contributed by atoms with Gasteiger partial charge in [-0.15, -0.1) is 0 Å². The van der Waals surface area contributed by atoms with Crippen molar-refractivity contribution in [2.24, 2.45) is 5.92 Å². The topological polar surface area (TPSA) is 15.3 Å². The molecule has 2 unspecified atom stereocenters. The third-order valence-electron chi connectivity index (χ3n) is 4.94. The van der Waals surface area contributed by atoms with Crippen LogP contribution in [0.1, 0.15) is 46.6 Å². The minimum absolute atomic E-state index is 0.212. The van der Waals surface area contributed by atoms with Crippen molar-refractivity contribution in [3.63, 3.8) is 0 Å². The molecule has 118 valence electrons. The molecule has 2 rings (SSSR count). The third-order valence-corrected chi connectivity index (χ3v) is 5.43. The molecule has 0 saturated carbocycles. The molecule has 1 aromatic carbocycles. The summed E-state index contributed by atoms with van der Waals surface area (Å²) in [5, 5.41) is 3.77. The molecule has 2 atom stereocenters. The highest BCUT2D eigenvalue weighted by molar-refractivity contribution is 9.10. The lowest BCUT2D eigenvalue weighted by atomic mass is 9.89. The van der Waals surface area contributed by atoms with Crippen LogP contribution in [0.4, 0.5) is 5.69 Å². The zero-order chi connectivity index (χ0) is 15.6. The second-order valence-corrected chi connectivity index (χ2v) is 7.78. The first-order valence-electron chi connectivity index (χ1n) is 8.20. The van der Waals surface area contributed by atoms with Gasteiger partial charge < -0.3 is 10.2 Å². The number of nitrogens with one attached hydrogen (secondary N) is 1. The van der Waals surface area contributed by atoms with Crippen LogP contribution < -0.4 is 10.2 Å². The molecule has 3 heteroatoms. The maximum Gasteiger partial charge on any atom is 0.0438 e. The van der Waals surface area contributed by atoms with Gasteiger partial charge in [-0.1, -0.05) is 43.6 Å². The second-order valence-electron chi connectivity index (χ2n) is 6.86. The summed E-state index contributed by atoms with van der Waals surface area (Å²) in [4.78, 5) is 2.65. The Balaban J connectivity index is 2.40. The number of halogens is 1. The molecule has 1 aromatic rings. The molecule has 1 heterocycles. The van der Waals surface area contributed by atoms with Gasteiger partial charge >= 0.3 is 0 Å². The summed E-state index contributed by atoms with van der Waals surface area (Å²) < 4.78 is 1.18. The van der Waals surface area contributed by atoms with Gasteiger partial charge in [0.25, 0.3) is 0 Å². The van der Waals surface area contributed by atoms with Crippen LogP contribution in [0.15, 0.2) is 22.7 Å². The molecule has 21 heavy (non-hydrogen) atoms. The average Bonchev–Trinajstić information content (AvgIpc) is 2.46. The van der Waals surface area contributed by atoms with E-state index in [2.05, 4.69) is 79.0 Å². The van der Waals surface area contributed by atoms with Crippen LogP contribution in [0.25, 0.3) is 0 Å². The monoisotopic (exact) mass is 352 g/mol. The number of benzene rings is 1. The van der Waals surface area contributed by atoms with E-state index in [-0.39, 0.29) is 5.54 Å². The molecular formula is C18H29BrN2. The first-order chi connectivity index (χ1) is 9.90. The van der Waals surface area contributed by atoms with Gasteiger partial charge in [0.1, 0.15) is 0 Å².